The molecule has 3 rings (SSSR count). The monoisotopic (exact) mass is 317 g/mol. The highest BCUT2D eigenvalue weighted by molar-refractivity contribution is 14.1. The number of hydrogen-bond donors (Lipinski definition) is 0. The van der Waals surface area contributed by atoms with E-state index in [4.69, 9.17) is 0 Å². The fourth-order valence-corrected chi connectivity index (χ4v) is 3.25. The molecule has 2 heterocycles. The highest BCUT2D eigenvalue weighted by atomic mass is 127. The van der Waals surface area contributed by atoms with Gasteiger partial charge in [0.25, 0.3) is 0 Å². The fraction of sp³-hybridized carbons (Fsp3) is 0.727. The smallest absolute Gasteiger partial charge is 0.0623 e. The number of nitrogens with zero attached hydrogens (tertiary/aromatic N) is 3. The second-order valence-electron chi connectivity index (χ2n) is 4.91. The summed E-state index contributed by atoms with van der Waals surface area (Å²) in [5.41, 5.74) is 0.602. The maximum absolute atomic E-state index is 4.36. The molecule has 2 aliphatic rings. The molecular formula is C11H16IN3. The van der Waals surface area contributed by atoms with Crippen LogP contribution in [0.25, 0.3) is 0 Å². The third-order valence-corrected chi connectivity index (χ3v) is 4.62. The van der Waals surface area contributed by atoms with E-state index in [9.17, 15) is 0 Å². The van der Waals surface area contributed by atoms with Crippen LogP contribution in [0.4, 0.5) is 0 Å². The first-order valence-electron chi connectivity index (χ1n) is 5.61. The summed E-state index contributed by atoms with van der Waals surface area (Å²) in [5.74, 6) is 0. The predicted molar refractivity (Wildman–Crippen MR) is 67.7 cm³/mol. The van der Waals surface area contributed by atoms with Crippen LogP contribution in [0, 0.1) is 3.57 Å². The highest BCUT2D eigenvalue weighted by Crippen LogP contribution is 2.50. The first kappa shape index (κ1) is 10.1. The second kappa shape index (κ2) is 3.45. The Labute approximate surface area is 104 Å². The number of likely N-dealkylation sites (N-methyl/N-ethyl adjacent to an activating group) is 1. The van der Waals surface area contributed by atoms with Crippen molar-refractivity contribution < 1.29 is 0 Å². The molecule has 0 N–H and O–H groups in total. The molecule has 1 saturated heterocycles. The average molecular weight is 317 g/mol. The van der Waals surface area contributed by atoms with Crippen molar-refractivity contribution in [3.8, 4) is 0 Å². The van der Waals surface area contributed by atoms with Crippen molar-refractivity contribution in [1.29, 1.82) is 0 Å². The van der Waals surface area contributed by atoms with Crippen LogP contribution in [-0.2, 0) is 6.54 Å². The molecule has 1 aliphatic carbocycles. The number of hydrogen-bond acceptors (Lipinski definition) is 2. The topological polar surface area (TPSA) is 21.1 Å². The van der Waals surface area contributed by atoms with Gasteiger partial charge in [-0.3, -0.25) is 9.58 Å². The standard InChI is InChI=1S/C11H16IN3/c1-14-10(2-3-11(14)4-5-11)8-15-7-9(12)6-13-15/h6-7,10H,2-5,8H2,1H3. The van der Waals surface area contributed by atoms with Gasteiger partial charge in [0.15, 0.2) is 0 Å². The molecule has 0 amide bonds. The van der Waals surface area contributed by atoms with Gasteiger partial charge in [0.05, 0.1) is 16.3 Å². The molecule has 0 radical (unpaired) electrons. The largest absolute Gasteiger partial charge is 0.296 e. The van der Waals surface area contributed by atoms with E-state index in [0.29, 0.717) is 11.6 Å². The zero-order valence-corrected chi connectivity index (χ0v) is 11.1. The minimum absolute atomic E-state index is 0.602. The van der Waals surface area contributed by atoms with Crippen LogP contribution < -0.4 is 0 Å². The van der Waals surface area contributed by atoms with Gasteiger partial charge in [-0.25, -0.2) is 0 Å². The van der Waals surface area contributed by atoms with Gasteiger partial charge in [-0.05, 0) is 55.3 Å². The predicted octanol–water partition coefficient (Wildman–Crippen LogP) is 2.11. The summed E-state index contributed by atoms with van der Waals surface area (Å²) in [6.45, 7) is 1.06. The number of halogens is 1. The fourth-order valence-electron chi connectivity index (χ4n) is 2.81. The molecule has 0 aromatic carbocycles. The van der Waals surface area contributed by atoms with Crippen molar-refractivity contribution in [2.24, 2.45) is 0 Å². The SMILES string of the molecule is CN1C(Cn2cc(I)cn2)CCC12CC2. The third kappa shape index (κ3) is 1.71. The van der Waals surface area contributed by atoms with E-state index in [0.717, 1.165) is 6.54 Å². The molecule has 1 aliphatic heterocycles. The summed E-state index contributed by atoms with van der Waals surface area (Å²) in [7, 11) is 2.29. The molecule has 15 heavy (non-hydrogen) atoms. The van der Waals surface area contributed by atoms with Gasteiger partial charge in [-0.15, -0.1) is 0 Å². The lowest BCUT2D eigenvalue weighted by molar-refractivity contribution is 0.203. The summed E-state index contributed by atoms with van der Waals surface area (Å²) >= 11 is 2.31. The van der Waals surface area contributed by atoms with Gasteiger partial charge in [0.1, 0.15) is 0 Å². The Bertz CT molecular complexity index is 370. The minimum Gasteiger partial charge on any atom is -0.296 e. The average Bonchev–Trinajstić information content (AvgIpc) is 2.81. The molecule has 2 fully saturated rings. The normalized spacial score (nSPS) is 28.8. The van der Waals surface area contributed by atoms with Crippen LogP contribution in [0.2, 0.25) is 0 Å². The lowest BCUT2D eigenvalue weighted by Crippen LogP contribution is -2.36. The molecule has 1 unspecified atom stereocenters. The molecule has 1 atom stereocenters. The van der Waals surface area contributed by atoms with Crippen molar-refractivity contribution in [1.82, 2.24) is 14.7 Å². The van der Waals surface area contributed by atoms with Crippen molar-refractivity contribution in [2.75, 3.05) is 7.05 Å². The van der Waals surface area contributed by atoms with Crippen molar-refractivity contribution >= 4 is 22.6 Å². The van der Waals surface area contributed by atoms with Gasteiger partial charge >= 0.3 is 0 Å². The van der Waals surface area contributed by atoms with Crippen LogP contribution in [0.3, 0.4) is 0 Å². The molecule has 1 aromatic rings. The quantitative estimate of drug-likeness (QED) is 0.779. The third-order valence-electron chi connectivity index (χ3n) is 4.07. The Hall–Kier alpha value is -0.100. The molecule has 3 nitrogen and oxygen atoms in total. The second-order valence-corrected chi connectivity index (χ2v) is 6.15. The minimum atomic E-state index is 0.602. The zero-order valence-electron chi connectivity index (χ0n) is 8.99. The Morgan fingerprint density at radius 2 is 2.33 bits per heavy atom. The Morgan fingerprint density at radius 1 is 1.53 bits per heavy atom. The summed E-state index contributed by atoms with van der Waals surface area (Å²) in [6.07, 6.45) is 9.63. The number of aromatic nitrogens is 2. The van der Waals surface area contributed by atoms with Crippen LogP contribution >= 0.6 is 22.6 Å². The summed E-state index contributed by atoms with van der Waals surface area (Å²) in [4.78, 5) is 2.60. The first-order valence-corrected chi connectivity index (χ1v) is 6.68. The summed E-state index contributed by atoms with van der Waals surface area (Å²) < 4.78 is 3.32. The first-order chi connectivity index (χ1) is 7.20. The van der Waals surface area contributed by atoms with E-state index in [1.54, 1.807) is 0 Å². The number of rotatable bonds is 2. The molecule has 4 heteroatoms. The maximum atomic E-state index is 4.36. The molecule has 1 spiro atoms. The summed E-state index contributed by atoms with van der Waals surface area (Å²) in [6, 6.07) is 0.697. The van der Waals surface area contributed by atoms with Gasteiger partial charge in [-0.2, -0.15) is 5.10 Å². The van der Waals surface area contributed by atoms with Gasteiger partial charge in [0.2, 0.25) is 0 Å². The highest BCUT2D eigenvalue weighted by Gasteiger charge is 2.52. The molecule has 1 saturated carbocycles. The van der Waals surface area contributed by atoms with Gasteiger partial charge < -0.3 is 0 Å². The van der Waals surface area contributed by atoms with Crippen molar-refractivity contribution in [2.45, 2.75) is 43.8 Å². The lowest BCUT2D eigenvalue weighted by Gasteiger charge is -2.25. The molecule has 82 valence electrons. The van der Waals surface area contributed by atoms with E-state index < -0.39 is 0 Å². The molecular weight excluding hydrogens is 301 g/mol. The van der Waals surface area contributed by atoms with Crippen LogP contribution in [0.5, 0.6) is 0 Å². The Balaban J connectivity index is 1.69. The van der Waals surface area contributed by atoms with Crippen molar-refractivity contribution in [3.05, 3.63) is 16.0 Å². The van der Waals surface area contributed by atoms with Gasteiger partial charge in [0, 0.05) is 17.8 Å². The van der Waals surface area contributed by atoms with E-state index in [-0.39, 0.29) is 0 Å². The maximum Gasteiger partial charge on any atom is 0.0623 e. The Morgan fingerprint density at radius 3 is 2.87 bits per heavy atom. The number of likely N-dealkylation sites (tertiary alicyclic amines) is 1. The van der Waals surface area contributed by atoms with Crippen LogP contribution in [-0.4, -0.2) is 33.3 Å². The molecule has 0 bridgehead atoms. The Kier molecular flexibility index (Phi) is 2.32. The van der Waals surface area contributed by atoms with E-state index in [1.165, 1.54) is 29.3 Å². The van der Waals surface area contributed by atoms with Gasteiger partial charge in [-0.1, -0.05) is 0 Å². The van der Waals surface area contributed by atoms with Crippen LogP contribution in [0.1, 0.15) is 25.7 Å². The summed E-state index contributed by atoms with van der Waals surface area (Å²) in [5, 5.41) is 4.36. The molecule has 1 aromatic heterocycles. The van der Waals surface area contributed by atoms with E-state index >= 15 is 0 Å². The van der Waals surface area contributed by atoms with Crippen LogP contribution in [0.15, 0.2) is 12.4 Å². The zero-order chi connectivity index (χ0) is 10.5. The lowest BCUT2D eigenvalue weighted by atomic mass is 10.2. The van der Waals surface area contributed by atoms with E-state index in [2.05, 4.69) is 50.5 Å². The van der Waals surface area contributed by atoms with E-state index in [1.807, 2.05) is 6.20 Å². The van der Waals surface area contributed by atoms with Crippen molar-refractivity contribution in [3.63, 3.8) is 0 Å².